The fourth-order valence-electron chi connectivity index (χ4n) is 2.92. The van der Waals surface area contributed by atoms with Crippen LogP contribution in [0.25, 0.3) is 11.1 Å². The maximum absolute atomic E-state index is 12.7. The molecule has 0 bridgehead atoms. The van der Waals surface area contributed by atoms with Crippen LogP contribution in [0.3, 0.4) is 0 Å². The zero-order valence-corrected chi connectivity index (χ0v) is 18.2. The molecule has 3 rings (SSSR count). The minimum atomic E-state index is -0.700. The Labute approximate surface area is 181 Å². The Kier molecular flexibility index (Phi) is 6.40. The molecule has 3 aromatic rings. The molecular formula is C21H21N3O6S. The van der Waals surface area contributed by atoms with Crippen LogP contribution in [0.2, 0.25) is 0 Å². The van der Waals surface area contributed by atoms with Crippen LogP contribution in [0.4, 0.5) is 5.00 Å². The summed E-state index contributed by atoms with van der Waals surface area (Å²) in [4.78, 5) is 41.2. The third-order valence-electron chi connectivity index (χ3n) is 4.63. The lowest BCUT2D eigenvalue weighted by molar-refractivity contribution is 0.0529. The van der Waals surface area contributed by atoms with E-state index in [4.69, 9.17) is 9.47 Å². The van der Waals surface area contributed by atoms with Gasteiger partial charge < -0.3 is 14.6 Å². The highest BCUT2D eigenvalue weighted by molar-refractivity contribution is 7.14. The van der Waals surface area contributed by atoms with Gasteiger partial charge in [-0.1, -0.05) is 12.1 Å². The van der Waals surface area contributed by atoms with Crippen LogP contribution in [-0.4, -0.2) is 40.1 Å². The third-order valence-corrected chi connectivity index (χ3v) is 5.52. The summed E-state index contributed by atoms with van der Waals surface area (Å²) in [5.41, 5.74) is 0.102. The van der Waals surface area contributed by atoms with E-state index in [9.17, 15) is 19.5 Å². The average molecular weight is 443 g/mol. The Morgan fingerprint density at radius 1 is 1.19 bits per heavy atom. The van der Waals surface area contributed by atoms with Gasteiger partial charge in [-0.05, 0) is 24.6 Å². The molecular weight excluding hydrogens is 422 g/mol. The number of aliphatic imine (C=N–C) groups is 1. The number of aromatic hydroxyl groups is 1. The molecule has 0 saturated heterocycles. The second-order valence-electron chi connectivity index (χ2n) is 6.48. The minimum Gasteiger partial charge on any atom is -0.497 e. The molecule has 162 valence electrons. The van der Waals surface area contributed by atoms with E-state index in [0.29, 0.717) is 16.3 Å². The van der Waals surface area contributed by atoms with Crippen molar-refractivity contribution in [2.24, 2.45) is 19.1 Å². The molecule has 0 fully saturated rings. The number of esters is 1. The Morgan fingerprint density at radius 2 is 1.87 bits per heavy atom. The van der Waals surface area contributed by atoms with Crippen molar-refractivity contribution in [3.05, 3.63) is 61.6 Å². The van der Waals surface area contributed by atoms with Gasteiger partial charge in [-0.15, -0.1) is 11.3 Å². The summed E-state index contributed by atoms with van der Waals surface area (Å²) in [5, 5.41) is 12.3. The molecule has 9 nitrogen and oxygen atoms in total. The molecule has 0 amide bonds. The molecule has 0 aliphatic carbocycles. The highest BCUT2D eigenvalue weighted by atomic mass is 32.1. The van der Waals surface area contributed by atoms with Gasteiger partial charge in [0.2, 0.25) is 5.88 Å². The van der Waals surface area contributed by atoms with E-state index in [2.05, 4.69) is 4.99 Å². The molecule has 0 radical (unpaired) electrons. The molecule has 0 atom stereocenters. The molecule has 0 aliphatic heterocycles. The molecule has 1 N–H and O–H groups in total. The first-order chi connectivity index (χ1) is 14.8. The highest BCUT2D eigenvalue weighted by Crippen LogP contribution is 2.38. The minimum absolute atomic E-state index is 0.168. The van der Waals surface area contributed by atoms with Gasteiger partial charge in [0.1, 0.15) is 21.9 Å². The van der Waals surface area contributed by atoms with E-state index in [1.54, 1.807) is 31.5 Å². The molecule has 0 aliphatic rings. The Balaban J connectivity index is 2.12. The molecule has 0 unspecified atom stereocenters. The van der Waals surface area contributed by atoms with Crippen molar-refractivity contribution < 1.29 is 19.4 Å². The Morgan fingerprint density at radius 3 is 2.48 bits per heavy atom. The van der Waals surface area contributed by atoms with Crippen LogP contribution >= 0.6 is 11.3 Å². The second-order valence-corrected chi connectivity index (χ2v) is 7.34. The first-order valence-corrected chi connectivity index (χ1v) is 10.1. The van der Waals surface area contributed by atoms with Crippen LogP contribution in [0.1, 0.15) is 22.8 Å². The van der Waals surface area contributed by atoms with Crippen LogP contribution in [0, 0.1) is 0 Å². The van der Waals surface area contributed by atoms with Gasteiger partial charge in [0.25, 0.3) is 5.56 Å². The number of carbonyl (C=O) groups excluding carboxylic acids is 1. The maximum atomic E-state index is 12.7. The number of nitrogens with zero attached hydrogens (tertiary/aromatic N) is 3. The van der Waals surface area contributed by atoms with Gasteiger partial charge >= 0.3 is 11.7 Å². The van der Waals surface area contributed by atoms with Crippen molar-refractivity contribution in [1.29, 1.82) is 0 Å². The lowest BCUT2D eigenvalue weighted by atomic mass is 10.0. The van der Waals surface area contributed by atoms with E-state index < -0.39 is 23.1 Å². The number of benzene rings is 1. The lowest BCUT2D eigenvalue weighted by Gasteiger charge is -2.08. The van der Waals surface area contributed by atoms with E-state index in [1.807, 2.05) is 12.1 Å². The summed E-state index contributed by atoms with van der Waals surface area (Å²) in [6.07, 6.45) is 1.14. The third kappa shape index (κ3) is 4.15. The number of carbonyl (C=O) groups is 1. The largest absolute Gasteiger partial charge is 0.497 e. The smallest absolute Gasteiger partial charge is 0.341 e. The predicted molar refractivity (Wildman–Crippen MR) is 118 cm³/mol. The number of thiophene rings is 1. The van der Waals surface area contributed by atoms with E-state index in [0.717, 1.165) is 20.9 Å². The summed E-state index contributed by atoms with van der Waals surface area (Å²) in [6, 6.07) is 7.17. The van der Waals surface area contributed by atoms with Crippen LogP contribution in [0.15, 0.2) is 44.2 Å². The number of rotatable bonds is 6. The highest BCUT2D eigenvalue weighted by Gasteiger charge is 2.22. The average Bonchev–Trinajstić information content (AvgIpc) is 3.20. The van der Waals surface area contributed by atoms with Crippen LogP contribution in [0.5, 0.6) is 11.6 Å². The first-order valence-electron chi connectivity index (χ1n) is 9.26. The normalized spacial score (nSPS) is 11.1. The summed E-state index contributed by atoms with van der Waals surface area (Å²) in [7, 11) is 4.21. The van der Waals surface area contributed by atoms with Gasteiger partial charge in [-0.25, -0.2) is 14.6 Å². The number of methoxy groups -OCH3 is 1. The molecule has 10 heteroatoms. The summed E-state index contributed by atoms with van der Waals surface area (Å²) in [5.74, 6) is -0.392. The molecule has 2 heterocycles. The Bertz CT molecular complexity index is 1270. The molecule has 31 heavy (non-hydrogen) atoms. The van der Waals surface area contributed by atoms with Crippen LogP contribution in [-0.2, 0) is 18.8 Å². The molecule has 2 aromatic heterocycles. The first kappa shape index (κ1) is 22.0. The lowest BCUT2D eigenvalue weighted by Crippen LogP contribution is -2.38. The maximum Gasteiger partial charge on any atom is 0.341 e. The summed E-state index contributed by atoms with van der Waals surface area (Å²) in [6.45, 7) is 1.88. The van der Waals surface area contributed by atoms with Gasteiger partial charge in [0, 0.05) is 31.3 Å². The quantitative estimate of drug-likeness (QED) is 0.463. The zero-order chi connectivity index (χ0) is 22.7. The monoisotopic (exact) mass is 443 g/mol. The number of hydrogen-bond donors (Lipinski definition) is 1. The topological polar surface area (TPSA) is 112 Å². The Hall–Kier alpha value is -3.66. The van der Waals surface area contributed by atoms with E-state index >= 15 is 0 Å². The van der Waals surface area contributed by atoms with E-state index in [1.165, 1.54) is 25.4 Å². The number of aromatic nitrogens is 2. The van der Waals surface area contributed by atoms with Crippen molar-refractivity contribution in [1.82, 2.24) is 9.13 Å². The van der Waals surface area contributed by atoms with Crippen molar-refractivity contribution in [2.45, 2.75) is 6.92 Å². The van der Waals surface area contributed by atoms with Gasteiger partial charge in [-0.2, -0.15) is 0 Å². The molecule has 0 spiro atoms. The van der Waals surface area contributed by atoms with Gasteiger partial charge in [-0.3, -0.25) is 13.9 Å². The zero-order valence-electron chi connectivity index (χ0n) is 17.4. The van der Waals surface area contributed by atoms with Gasteiger partial charge in [0.05, 0.1) is 13.7 Å². The predicted octanol–water partition coefficient (Wildman–Crippen LogP) is 2.45. The fourth-order valence-corrected chi connectivity index (χ4v) is 3.83. The summed E-state index contributed by atoms with van der Waals surface area (Å²) >= 11 is 1.19. The van der Waals surface area contributed by atoms with Crippen molar-refractivity contribution in [3.8, 4) is 22.8 Å². The SMILES string of the molecule is CCOC(=O)c1c(-c2ccc(OC)cc2)csc1/N=C/c1c(O)n(C)c(=O)n(C)c1=O. The standard InChI is InChI=1S/C21H21N3O6S/c1-5-30-20(27)16-15(12-6-8-13(29-4)9-7-12)11-31-17(16)22-10-14-18(25)23(2)21(28)24(3)19(14)26/h6-11,25H,5H2,1-4H3/b22-10+. The molecule has 1 aromatic carbocycles. The molecule has 0 saturated carbocycles. The van der Waals surface area contributed by atoms with Crippen molar-refractivity contribution in [3.63, 3.8) is 0 Å². The number of ether oxygens (including phenoxy) is 2. The number of hydrogen-bond acceptors (Lipinski definition) is 8. The second kappa shape index (κ2) is 9.00. The van der Waals surface area contributed by atoms with Crippen molar-refractivity contribution >= 4 is 28.5 Å². The fraction of sp³-hybridized carbons (Fsp3) is 0.238. The van der Waals surface area contributed by atoms with Crippen LogP contribution < -0.4 is 16.0 Å². The summed E-state index contributed by atoms with van der Waals surface area (Å²) < 4.78 is 12.2. The van der Waals surface area contributed by atoms with Crippen molar-refractivity contribution in [2.75, 3.05) is 13.7 Å². The van der Waals surface area contributed by atoms with Gasteiger partial charge in [0.15, 0.2) is 0 Å². The van der Waals surface area contributed by atoms with E-state index in [-0.39, 0.29) is 17.7 Å².